The van der Waals surface area contributed by atoms with Crippen molar-refractivity contribution in [1.82, 2.24) is 0 Å². The zero-order valence-electron chi connectivity index (χ0n) is 6.28. The average molecular weight is 416 g/mol. The fourth-order valence-corrected chi connectivity index (χ4v) is 6.26. The van der Waals surface area contributed by atoms with Crippen molar-refractivity contribution in [2.45, 2.75) is 32.4 Å². The first-order valence-electron chi connectivity index (χ1n) is 3.65. The lowest BCUT2D eigenvalue weighted by Gasteiger charge is -2.27. The second-order valence-corrected chi connectivity index (χ2v) is 7.98. The van der Waals surface area contributed by atoms with Crippen LogP contribution in [0.25, 0.3) is 0 Å². The first-order valence-corrected chi connectivity index (χ1v) is 7.65. The summed E-state index contributed by atoms with van der Waals surface area (Å²) >= 11 is 4.44. The Labute approximate surface area is 99.7 Å². The highest BCUT2D eigenvalue weighted by Crippen LogP contribution is 2.33. The summed E-state index contributed by atoms with van der Waals surface area (Å²) in [6.45, 7) is 0. The van der Waals surface area contributed by atoms with Crippen molar-refractivity contribution in [3.63, 3.8) is 0 Å². The van der Waals surface area contributed by atoms with E-state index < -0.39 is 15.4 Å². The molecule has 0 aliphatic heterocycles. The van der Waals surface area contributed by atoms with Gasteiger partial charge < -0.3 is 0 Å². The molecule has 3 nitrogen and oxygen atoms in total. The van der Waals surface area contributed by atoms with Crippen molar-refractivity contribution in [1.29, 1.82) is 0 Å². The second-order valence-electron chi connectivity index (χ2n) is 2.98. The Kier molecular flexibility index (Phi) is 4.06. The van der Waals surface area contributed by atoms with E-state index in [9.17, 15) is 8.42 Å². The van der Waals surface area contributed by atoms with Crippen LogP contribution < -0.4 is 0 Å². The molecule has 0 aromatic heterocycles. The van der Waals surface area contributed by atoms with Crippen LogP contribution in [-0.4, -0.2) is 26.1 Å². The second kappa shape index (κ2) is 4.26. The summed E-state index contributed by atoms with van der Waals surface area (Å²) in [4.78, 5) is 0. The van der Waals surface area contributed by atoms with Crippen LogP contribution in [0.3, 0.4) is 0 Å². The van der Waals surface area contributed by atoms with Gasteiger partial charge in [0.05, 0.1) is 5.25 Å². The molecule has 1 rings (SSSR count). The van der Waals surface area contributed by atoms with Crippen LogP contribution in [-0.2, 0) is 10.1 Å². The van der Waals surface area contributed by atoms with E-state index in [4.69, 9.17) is 4.55 Å². The lowest BCUT2D eigenvalue weighted by Crippen LogP contribution is -2.35. The first kappa shape index (κ1) is 11.4. The normalized spacial score (nSPS) is 38.1. The fraction of sp³-hybridized carbons (Fsp3) is 1.00. The predicted octanol–water partition coefficient (Wildman–Crippen LogP) is 2.03. The number of hydrogen-bond donors (Lipinski definition) is 1. The van der Waals surface area contributed by atoms with E-state index >= 15 is 0 Å². The Morgan fingerprint density at radius 3 is 2.25 bits per heavy atom. The van der Waals surface area contributed by atoms with Crippen molar-refractivity contribution in [3.8, 4) is 0 Å². The maximum atomic E-state index is 10.9. The molecule has 1 aliphatic carbocycles. The lowest BCUT2D eigenvalue weighted by molar-refractivity contribution is 0.441. The molecule has 0 amide bonds. The Hall–Kier alpha value is 1.37. The van der Waals surface area contributed by atoms with E-state index in [0.29, 0.717) is 10.3 Å². The summed E-state index contributed by atoms with van der Waals surface area (Å²) in [5.74, 6) is 0. The van der Waals surface area contributed by atoms with Gasteiger partial charge in [0.15, 0.2) is 0 Å². The Bertz CT molecular complexity index is 252. The van der Waals surface area contributed by atoms with Crippen LogP contribution in [0, 0.1) is 0 Å². The third-order valence-corrected chi connectivity index (χ3v) is 6.36. The minimum atomic E-state index is -3.81. The molecule has 0 aromatic rings. The third kappa shape index (κ3) is 2.95. The Morgan fingerprint density at radius 1 is 1.25 bits per heavy atom. The molecule has 12 heavy (non-hydrogen) atoms. The molecule has 0 saturated heterocycles. The van der Waals surface area contributed by atoms with Crippen LogP contribution in [0.15, 0.2) is 0 Å². The van der Waals surface area contributed by atoms with Gasteiger partial charge in [0.25, 0.3) is 10.1 Å². The van der Waals surface area contributed by atoms with Gasteiger partial charge in [-0.15, -0.1) is 0 Å². The average Bonchev–Trinajstić information content (AvgIpc) is 1.83. The van der Waals surface area contributed by atoms with Crippen LogP contribution in [0.4, 0.5) is 0 Å². The quantitative estimate of drug-likeness (QED) is 0.405. The summed E-state index contributed by atoms with van der Waals surface area (Å²) in [5.41, 5.74) is 0. The molecule has 1 N–H and O–H groups in total. The summed E-state index contributed by atoms with van der Waals surface area (Å²) in [6.07, 6.45) is 2.37. The summed E-state index contributed by atoms with van der Waals surface area (Å²) in [6, 6.07) is 0. The molecule has 0 aromatic carbocycles. The minimum Gasteiger partial charge on any atom is -0.285 e. The molecule has 1 fully saturated rings. The molecule has 72 valence electrons. The topological polar surface area (TPSA) is 54.4 Å². The van der Waals surface area contributed by atoms with Gasteiger partial charge in [-0.1, -0.05) is 45.2 Å². The van der Waals surface area contributed by atoms with Crippen molar-refractivity contribution in [3.05, 3.63) is 0 Å². The maximum Gasteiger partial charge on any atom is 0.268 e. The predicted molar refractivity (Wildman–Crippen MR) is 64.8 cm³/mol. The van der Waals surface area contributed by atoms with E-state index in [1.165, 1.54) is 0 Å². The van der Waals surface area contributed by atoms with Crippen molar-refractivity contribution in [2.75, 3.05) is 0 Å². The van der Waals surface area contributed by atoms with Crippen molar-refractivity contribution < 1.29 is 13.0 Å². The molecule has 1 saturated carbocycles. The van der Waals surface area contributed by atoms with Crippen LogP contribution in [0.5, 0.6) is 0 Å². The molecule has 1 aliphatic rings. The molecule has 0 heterocycles. The smallest absolute Gasteiger partial charge is 0.268 e. The monoisotopic (exact) mass is 416 g/mol. The first-order chi connectivity index (χ1) is 5.41. The van der Waals surface area contributed by atoms with Gasteiger partial charge in [0.1, 0.15) is 0 Å². The van der Waals surface area contributed by atoms with E-state index in [2.05, 4.69) is 45.2 Å². The van der Waals surface area contributed by atoms with Crippen molar-refractivity contribution >= 4 is 55.3 Å². The zero-order valence-corrected chi connectivity index (χ0v) is 11.4. The van der Waals surface area contributed by atoms with Crippen molar-refractivity contribution in [2.24, 2.45) is 0 Å². The molecular formula is C6H10I2O3S. The highest BCUT2D eigenvalue weighted by Gasteiger charge is 2.35. The van der Waals surface area contributed by atoms with Gasteiger partial charge >= 0.3 is 0 Å². The van der Waals surface area contributed by atoms with Crippen LogP contribution in [0.1, 0.15) is 19.3 Å². The lowest BCUT2D eigenvalue weighted by atomic mass is 10.0. The number of rotatable bonds is 1. The van der Waals surface area contributed by atoms with Crippen LogP contribution in [0.2, 0.25) is 0 Å². The summed E-state index contributed by atoms with van der Waals surface area (Å²) in [7, 11) is -3.81. The molecule has 0 bridgehead atoms. The van der Waals surface area contributed by atoms with Gasteiger partial charge in [-0.3, -0.25) is 4.55 Å². The van der Waals surface area contributed by atoms with E-state index in [1.54, 1.807) is 0 Å². The highest BCUT2D eigenvalue weighted by atomic mass is 127. The Balaban J connectivity index is 2.69. The van der Waals surface area contributed by atoms with Gasteiger partial charge in [0, 0.05) is 7.85 Å². The van der Waals surface area contributed by atoms with E-state index in [0.717, 1.165) is 12.8 Å². The molecular weight excluding hydrogens is 406 g/mol. The maximum absolute atomic E-state index is 10.9. The Morgan fingerprint density at radius 2 is 1.83 bits per heavy atom. The number of hydrogen-bond acceptors (Lipinski definition) is 2. The SMILES string of the molecule is O=S(=O)(O)C1CCC(I)CC1I. The molecule has 0 radical (unpaired) electrons. The van der Waals surface area contributed by atoms with Gasteiger partial charge in [0.2, 0.25) is 0 Å². The largest absolute Gasteiger partial charge is 0.285 e. The van der Waals surface area contributed by atoms with E-state index in [1.807, 2.05) is 0 Å². The molecule has 3 unspecified atom stereocenters. The summed E-state index contributed by atoms with van der Waals surface area (Å²) in [5, 5.41) is -0.538. The number of halogens is 2. The van der Waals surface area contributed by atoms with Gasteiger partial charge in [-0.2, -0.15) is 8.42 Å². The minimum absolute atomic E-state index is 0.0632. The standard InChI is InChI=1S/C6H10I2O3S/c7-4-1-2-6(5(8)3-4)12(9,10)11/h4-6H,1-3H2,(H,9,10,11). The fourth-order valence-electron chi connectivity index (χ4n) is 1.38. The zero-order chi connectivity index (χ0) is 9.35. The van der Waals surface area contributed by atoms with Gasteiger partial charge in [-0.05, 0) is 19.3 Å². The highest BCUT2D eigenvalue weighted by molar-refractivity contribution is 14.1. The van der Waals surface area contributed by atoms with E-state index in [-0.39, 0.29) is 3.92 Å². The molecule has 0 spiro atoms. The summed E-state index contributed by atoms with van der Waals surface area (Å²) < 4.78 is 31.2. The van der Waals surface area contributed by atoms with Gasteiger partial charge in [-0.25, -0.2) is 0 Å². The third-order valence-electron chi connectivity index (χ3n) is 2.03. The molecule has 3 atom stereocenters. The number of alkyl halides is 2. The molecule has 6 heteroatoms. The van der Waals surface area contributed by atoms with Crippen LogP contribution >= 0.6 is 45.2 Å².